The highest BCUT2D eigenvalue weighted by atomic mass is 19.1. The molecule has 1 saturated carbocycles. The summed E-state index contributed by atoms with van der Waals surface area (Å²) in [6.07, 6.45) is 7.11. The molecular weight excluding hydrogens is 255 g/mol. The summed E-state index contributed by atoms with van der Waals surface area (Å²) >= 11 is 0. The van der Waals surface area contributed by atoms with Crippen LogP contribution in [0.25, 0.3) is 11.1 Å². The van der Waals surface area contributed by atoms with E-state index in [-0.39, 0.29) is 11.7 Å². The van der Waals surface area contributed by atoms with Gasteiger partial charge >= 0.3 is 0 Å². The van der Waals surface area contributed by atoms with Crippen molar-refractivity contribution in [2.45, 2.75) is 38.5 Å². The van der Waals surface area contributed by atoms with E-state index in [1.807, 2.05) is 0 Å². The third-order valence-corrected chi connectivity index (χ3v) is 4.14. The molecule has 0 atom stereocenters. The molecule has 0 amide bonds. The number of nitrogens with zero attached hydrogens (tertiary/aromatic N) is 1. The molecule has 0 radical (unpaired) electrons. The van der Waals surface area contributed by atoms with Crippen LogP contribution in [-0.2, 0) is 6.42 Å². The molecule has 1 fully saturated rings. The quantitative estimate of drug-likeness (QED) is 0.913. The lowest BCUT2D eigenvalue weighted by molar-refractivity contribution is 0.345. The van der Waals surface area contributed by atoms with Gasteiger partial charge in [0, 0.05) is 5.56 Å². The minimum atomic E-state index is -0.285. The summed E-state index contributed by atoms with van der Waals surface area (Å²) in [4.78, 5) is 0. The lowest BCUT2D eigenvalue weighted by atomic mass is 9.85. The maximum Gasteiger partial charge on any atom is 0.230 e. The monoisotopic (exact) mass is 274 g/mol. The van der Waals surface area contributed by atoms with Crippen LogP contribution in [0.3, 0.4) is 0 Å². The molecule has 0 aliphatic heterocycles. The van der Waals surface area contributed by atoms with Crippen molar-refractivity contribution in [1.82, 2.24) is 5.16 Å². The predicted molar refractivity (Wildman–Crippen MR) is 76.6 cm³/mol. The molecular formula is C16H19FN2O. The summed E-state index contributed by atoms with van der Waals surface area (Å²) < 4.78 is 19.1. The fourth-order valence-electron chi connectivity index (χ4n) is 3.09. The lowest BCUT2D eigenvalue weighted by Gasteiger charge is -2.20. The van der Waals surface area contributed by atoms with Crippen molar-refractivity contribution in [2.24, 2.45) is 5.92 Å². The maximum atomic E-state index is 14.0. The fourth-order valence-corrected chi connectivity index (χ4v) is 3.09. The van der Waals surface area contributed by atoms with E-state index in [0.29, 0.717) is 17.0 Å². The van der Waals surface area contributed by atoms with Crippen LogP contribution >= 0.6 is 0 Å². The molecule has 1 aromatic carbocycles. The number of rotatable bonds is 3. The molecule has 1 aliphatic rings. The van der Waals surface area contributed by atoms with Crippen molar-refractivity contribution in [2.75, 3.05) is 5.73 Å². The third kappa shape index (κ3) is 2.55. The first-order valence-corrected chi connectivity index (χ1v) is 7.24. The number of nitrogen functional groups attached to an aromatic ring is 1. The summed E-state index contributed by atoms with van der Waals surface area (Å²) in [6, 6.07) is 6.63. The Bertz CT molecular complexity index is 588. The molecule has 1 aromatic heterocycles. The minimum absolute atomic E-state index is 0.209. The Kier molecular flexibility index (Phi) is 3.72. The van der Waals surface area contributed by atoms with E-state index < -0.39 is 0 Å². The predicted octanol–water partition coefficient (Wildman–Crippen LogP) is 4.19. The first-order chi connectivity index (χ1) is 9.75. The van der Waals surface area contributed by atoms with Crippen LogP contribution < -0.4 is 5.73 Å². The lowest BCUT2D eigenvalue weighted by Crippen LogP contribution is -2.10. The van der Waals surface area contributed by atoms with Gasteiger partial charge in [0.1, 0.15) is 5.82 Å². The summed E-state index contributed by atoms with van der Waals surface area (Å²) in [5, 5.41) is 4.06. The second kappa shape index (κ2) is 5.65. The molecule has 3 rings (SSSR count). The van der Waals surface area contributed by atoms with Crippen molar-refractivity contribution in [3.05, 3.63) is 35.8 Å². The number of nitrogens with two attached hydrogens (primary N) is 1. The first kappa shape index (κ1) is 13.2. The van der Waals surface area contributed by atoms with E-state index in [9.17, 15) is 4.39 Å². The van der Waals surface area contributed by atoms with E-state index in [1.54, 1.807) is 18.2 Å². The summed E-state index contributed by atoms with van der Waals surface area (Å²) in [7, 11) is 0. The van der Waals surface area contributed by atoms with Crippen molar-refractivity contribution in [3.63, 3.8) is 0 Å². The van der Waals surface area contributed by atoms with Crippen molar-refractivity contribution >= 4 is 5.88 Å². The van der Waals surface area contributed by atoms with Gasteiger partial charge in [0.25, 0.3) is 0 Å². The normalized spacial score (nSPS) is 16.4. The smallest absolute Gasteiger partial charge is 0.230 e. The second-order valence-electron chi connectivity index (χ2n) is 5.56. The average Bonchev–Trinajstić information content (AvgIpc) is 2.82. The van der Waals surface area contributed by atoms with Gasteiger partial charge in [-0.3, -0.25) is 0 Å². The van der Waals surface area contributed by atoms with Crippen LogP contribution in [0.5, 0.6) is 0 Å². The Morgan fingerprint density at radius 1 is 1.20 bits per heavy atom. The van der Waals surface area contributed by atoms with Gasteiger partial charge in [-0.2, -0.15) is 0 Å². The summed E-state index contributed by atoms with van der Waals surface area (Å²) in [5.74, 6) is 0.534. The van der Waals surface area contributed by atoms with Crippen LogP contribution in [0.4, 0.5) is 10.3 Å². The zero-order valence-electron chi connectivity index (χ0n) is 11.4. The van der Waals surface area contributed by atoms with Crippen LogP contribution in [0.2, 0.25) is 0 Å². The largest absolute Gasteiger partial charge is 0.367 e. The van der Waals surface area contributed by atoms with Crippen LogP contribution in [0.15, 0.2) is 28.8 Å². The highest BCUT2D eigenvalue weighted by molar-refractivity contribution is 5.75. The Labute approximate surface area is 118 Å². The van der Waals surface area contributed by atoms with Crippen LogP contribution in [0.1, 0.15) is 37.8 Å². The summed E-state index contributed by atoms with van der Waals surface area (Å²) in [5.41, 5.74) is 7.76. The third-order valence-electron chi connectivity index (χ3n) is 4.14. The van der Waals surface area contributed by atoms with Gasteiger partial charge in [-0.1, -0.05) is 55.5 Å². The fraction of sp³-hybridized carbons (Fsp3) is 0.438. The number of hydrogen-bond donors (Lipinski definition) is 1. The SMILES string of the molecule is Nc1onc(CC2CCCCC2)c1-c1ccccc1F. The molecule has 4 heteroatoms. The molecule has 20 heavy (non-hydrogen) atoms. The topological polar surface area (TPSA) is 52.0 Å². The number of anilines is 1. The standard InChI is InChI=1S/C16H19FN2O/c17-13-9-5-4-8-12(13)15-14(19-20-16(15)18)10-11-6-2-1-3-7-11/h4-5,8-9,11H,1-3,6-7,10,18H2. The number of hydrogen-bond acceptors (Lipinski definition) is 3. The Morgan fingerprint density at radius 3 is 2.70 bits per heavy atom. The van der Waals surface area contributed by atoms with E-state index in [2.05, 4.69) is 5.16 Å². The molecule has 0 spiro atoms. The van der Waals surface area contributed by atoms with Crippen LogP contribution in [0, 0.1) is 11.7 Å². The molecule has 2 N–H and O–H groups in total. The van der Waals surface area contributed by atoms with Crippen molar-refractivity contribution < 1.29 is 8.91 Å². The van der Waals surface area contributed by atoms with Gasteiger partial charge < -0.3 is 10.3 Å². The Morgan fingerprint density at radius 2 is 1.95 bits per heavy atom. The molecule has 0 saturated heterocycles. The highest BCUT2D eigenvalue weighted by Gasteiger charge is 2.22. The molecule has 1 heterocycles. The maximum absolute atomic E-state index is 14.0. The van der Waals surface area contributed by atoms with Gasteiger partial charge in [0.05, 0.1) is 11.3 Å². The van der Waals surface area contributed by atoms with E-state index in [4.69, 9.17) is 10.3 Å². The Balaban J connectivity index is 1.91. The van der Waals surface area contributed by atoms with Crippen molar-refractivity contribution in [3.8, 4) is 11.1 Å². The molecule has 106 valence electrons. The van der Waals surface area contributed by atoms with Gasteiger partial charge in [-0.25, -0.2) is 4.39 Å². The molecule has 1 aliphatic carbocycles. The number of benzene rings is 1. The Hall–Kier alpha value is -1.84. The van der Waals surface area contributed by atoms with E-state index in [0.717, 1.165) is 12.1 Å². The minimum Gasteiger partial charge on any atom is -0.367 e. The van der Waals surface area contributed by atoms with Crippen molar-refractivity contribution in [1.29, 1.82) is 0 Å². The van der Waals surface area contributed by atoms with Gasteiger partial charge in [-0.05, 0) is 18.4 Å². The zero-order chi connectivity index (χ0) is 13.9. The van der Waals surface area contributed by atoms with Gasteiger partial charge in [-0.15, -0.1) is 0 Å². The van der Waals surface area contributed by atoms with E-state index >= 15 is 0 Å². The first-order valence-electron chi connectivity index (χ1n) is 7.24. The number of halogens is 1. The molecule has 2 aromatic rings. The van der Waals surface area contributed by atoms with E-state index in [1.165, 1.54) is 38.2 Å². The molecule has 0 bridgehead atoms. The highest BCUT2D eigenvalue weighted by Crippen LogP contribution is 2.35. The number of aromatic nitrogens is 1. The second-order valence-corrected chi connectivity index (χ2v) is 5.56. The van der Waals surface area contributed by atoms with Gasteiger partial charge in [0.15, 0.2) is 0 Å². The van der Waals surface area contributed by atoms with Gasteiger partial charge in [0.2, 0.25) is 5.88 Å². The molecule has 0 unspecified atom stereocenters. The zero-order valence-corrected chi connectivity index (χ0v) is 11.4. The summed E-state index contributed by atoms with van der Waals surface area (Å²) in [6.45, 7) is 0. The average molecular weight is 274 g/mol. The van der Waals surface area contributed by atoms with Crippen LogP contribution in [-0.4, -0.2) is 5.16 Å². The molecule has 3 nitrogen and oxygen atoms in total.